The molecule has 1 heteroatoms. The van der Waals surface area contributed by atoms with Gasteiger partial charge in [-0.25, -0.2) is 0 Å². The second-order valence-electron chi connectivity index (χ2n) is 5.30. The van der Waals surface area contributed by atoms with E-state index in [0.717, 1.165) is 6.61 Å². The molecule has 0 N–H and O–H groups in total. The van der Waals surface area contributed by atoms with Gasteiger partial charge in [0.25, 0.3) is 0 Å². The first-order valence-corrected chi connectivity index (χ1v) is 7.92. The van der Waals surface area contributed by atoms with E-state index in [9.17, 15) is 0 Å². The van der Waals surface area contributed by atoms with Gasteiger partial charge in [0.1, 0.15) is 0 Å². The smallest absolute Gasteiger partial charge is 0.0547 e. The Labute approximate surface area is 109 Å². The van der Waals surface area contributed by atoms with Crippen LogP contribution in [0.3, 0.4) is 0 Å². The minimum Gasteiger partial charge on any atom is -0.379 e. The van der Waals surface area contributed by atoms with Crippen LogP contribution in [0.15, 0.2) is 0 Å². The van der Waals surface area contributed by atoms with Crippen LogP contribution in [-0.2, 0) is 4.74 Å². The van der Waals surface area contributed by atoms with Crippen molar-refractivity contribution in [3.05, 3.63) is 0 Å². The van der Waals surface area contributed by atoms with Gasteiger partial charge in [-0.05, 0) is 19.8 Å². The van der Waals surface area contributed by atoms with Gasteiger partial charge >= 0.3 is 0 Å². The second kappa shape index (κ2) is 14.0. The quantitative estimate of drug-likeness (QED) is 0.375. The first-order chi connectivity index (χ1) is 8.31. The van der Waals surface area contributed by atoms with Gasteiger partial charge in [-0.2, -0.15) is 0 Å². The van der Waals surface area contributed by atoms with E-state index in [1.54, 1.807) is 0 Å². The molecule has 17 heavy (non-hydrogen) atoms. The fraction of sp³-hybridized carbons (Fsp3) is 1.00. The Morgan fingerprint density at radius 1 is 0.706 bits per heavy atom. The highest BCUT2D eigenvalue weighted by molar-refractivity contribution is 4.52. The van der Waals surface area contributed by atoms with E-state index in [1.165, 1.54) is 70.6 Å². The number of ether oxygens (including phenoxy) is 1. The number of rotatable bonds is 13. The topological polar surface area (TPSA) is 9.23 Å². The number of hydrogen-bond donors (Lipinski definition) is 0. The molecule has 0 aromatic heterocycles. The molecular formula is C16H34O. The lowest BCUT2D eigenvalue weighted by atomic mass is 10.1. The first-order valence-electron chi connectivity index (χ1n) is 7.92. The molecule has 0 fully saturated rings. The van der Waals surface area contributed by atoms with Gasteiger partial charge in [0.2, 0.25) is 0 Å². The Morgan fingerprint density at radius 2 is 1.24 bits per heavy atom. The molecule has 0 saturated carbocycles. The van der Waals surface area contributed by atoms with Crippen molar-refractivity contribution in [2.24, 2.45) is 0 Å². The molecule has 0 amide bonds. The lowest BCUT2D eigenvalue weighted by Gasteiger charge is -2.12. The molecule has 0 saturated heterocycles. The van der Waals surface area contributed by atoms with E-state index < -0.39 is 0 Å². The molecule has 0 bridgehead atoms. The molecule has 0 spiro atoms. The highest BCUT2D eigenvalue weighted by atomic mass is 16.5. The van der Waals surface area contributed by atoms with Crippen LogP contribution in [0.5, 0.6) is 0 Å². The van der Waals surface area contributed by atoms with Gasteiger partial charge in [0.15, 0.2) is 0 Å². The zero-order valence-electron chi connectivity index (χ0n) is 12.5. The van der Waals surface area contributed by atoms with Gasteiger partial charge in [-0.15, -0.1) is 0 Å². The van der Waals surface area contributed by atoms with Crippen molar-refractivity contribution in [1.82, 2.24) is 0 Å². The Balaban J connectivity index is 3.08. The fourth-order valence-corrected chi connectivity index (χ4v) is 2.11. The summed E-state index contributed by atoms with van der Waals surface area (Å²) in [6, 6.07) is 0. The third-order valence-electron chi connectivity index (χ3n) is 3.36. The Kier molecular flexibility index (Phi) is 14.0. The minimum atomic E-state index is 0.475. The zero-order chi connectivity index (χ0) is 12.8. The number of unbranched alkanes of at least 4 members (excludes halogenated alkanes) is 8. The second-order valence-corrected chi connectivity index (χ2v) is 5.30. The maximum Gasteiger partial charge on any atom is 0.0547 e. The summed E-state index contributed by atoms with van der Waals surface area (Å²) >= 11 is 0. The lowest BCUT2D eigenvalue weighted by molar-refractivity contribution is 0.0557. The minimum absolute atomic E-state index is 0.475. The maximum absolute atomic E-state index is 5.83. The summed E-state index contributed by atoms with van der Waals surface area (Å²) in [5.41, 5.74) is 0. The molecule has 0 heterocycles. The van der Waals surface area contributed by atoms with Crippen molar-refractivity contribution in [3.63, 3.8) is 0 Å². The molecule has 104 valence electrons. The van der Waals surface area contributed by atoms with Crippen molar-refractivity contribution in [3.8, 4) is 0 Å². The summed E-state index contributed by atoms with van der Waals surface area (Å²) in [6.07, 6.45) is 15.3. The van der Waals surface area contributed by atoms with Crippen LogP contribution in [0.1, 0.15) is 91.4 Å². The van der Waals surface area contributed by atoms with Crippen LogP contribution >= 0.6 is 0 Å². The molecule has 0 aromatic rings. The van der Waals surface area contributed by atoms with E-state index in [1.807, 2.05) is 0 Å². The molecule has 0 aliphatic carbocycles. The van der Waals surface area contributed by atoms with Gasteiger partial charge in [0.05, 0.1) is 6.10 Å². The summed E-state index contributed by atoms with van der Waals surface area (Å²) in [5.74, 6) is 0. The van der Waals surface area contributed by atoms with Gasteiger partial charge < -0.3 is 4.74 Å². The molecule has 0 unspecified atom stereocenters. The van der Waals surface area contributed by atoms with Crippen LogP contribution in [0.2, 0.25) is 0 Å². The highest BCUT2D eigenvalue weighted by Gasteiger charge is 2.01. The Bertz CT molecular complexity index is 133. The summed E-state index contributed by atoms with van der Waals surface area (Å²) in [7, 11) is 0. The third-order valence-corrected chi connectivity index (χ3v) is 3.36. The fourth-order valence-electron chi connectivity index (χ4n) is 2.11. The van der Waals surface area contributed by atoms with Crippen LogP contribution in [0.4, 0.5) is 0 Å². The van der Waals surface area contributed by atoms with Crippen molar-refractivity contribution in [2.75, 3.05) is 6.61 Å². The van der Waals surface area contributed by atoms with E-state index >= 15 is 0 Å². The highest BCUT2D eigenvalue weighted by Crippen LogP contribution is 2.09. The molecule has 0 aliphatic heterocycles. The molecule has 0 aliphatic rings. The maximum atomic E-state index is 5.83. The van der Waals surface area contributed by atoms with Crippen molar-refractivity contribution in [2.45, 2.75) is 97.5 Å². The Hall–Kier alpha value is -0.0400. The van der Waals surface area contributed by atoms with Crippen molar-refractivity contribution in [1.29, 1.82) is 0 Å². The van der Waals surface area contributed by atoms with Crippen LogP contribution in [0, 0.1) is 0 Å². The summed E-state index contributed by atoms with van der Waals surface area (Å²) in [5, 5.41) is 0. The van der Waals surface area contributed by atoms with Crippen LogP contribution < -0.4 is 0 Å². The zero-order valence-corrected chi connectivity index (χ0v) is 12.5. The lowest BCUT2D eigenvalue weighted by Crippen LogP contribution is -2.09. The van der Waals surface area contributed by atoms with Gasteiger partial charge in [-0.3, -0.25) is 0 Å². The van der Waals surface area contributed by atoms with Gasteiger partial charge in [0, 0.05) is 6.61 Å². The van der Waals surface area contributed by atoms with Crippen molar-refractivity contribution >= 4 is 0 Å². The van der Waals surface area contributed by atoms with Crippen molar-refractivity contribution < 1.29 is 4.74 Å². The average molecular weight is 242 g/mol. The molecule has 1 atom stereocenters. The first kappa shape index (κ1) is 17.0. The van der Waals surface area contributed by atoms with E-state index in [0.29, 0.717) is 6.10 Å². The van der Waals surface area contributed by atoms with Crippen LogP contribution in [0.25, 0.3) is 0 Å². The molecule has 1 nitrogen and oxygen atoms in total. The molecule has 0 radical (unpaired) electrons. The molecule has 0 rings (SSSR count). The van der Waals surface area contributed by atoms with E-state index in [2.05, 4.69) is 20.8 Å². The monoisotopic (exact) mass is 242 g/mol. The van der Waals surface area contributed by atoms with Crippen LogP contribution in [-0.4, -0.2) is 12.7 Å². The van der Waals surface area contributed by atoms with E-state index in [-0.39, 0.29) is 0 Å². The Morgan fingerprint density at radius 3 is 1.88 bits per heavy atom. The average Bonchev–Trinajstić information content (AvgIpc) is 2.33. The van der Waals surface area contributed by atoms with Gasteiger partial charge in [-0.1, -0.05) is 71.6 Å². The SMILES string of the molecule is CCCCCCCCO[C@H](C)CCCCCC. The third kappa shape index (κ3) is 13.9. The molecule has 0 aromatic carbocycles. The molecular weight excluding hydrogens is 208 g/mol. The summed E-state index contributed by atoms with van der Waals surface area (Å²) < 4.78 is 5.83. The summed E-state index contributed by atoms with van der Waals surface area (Å²) in [6.45, 7) is 7.73. The predicted octanol–water partition coefficient (Wildman–Crippen LogP) is 5.72. The predicted molar refractivity (Wildman–Crippen MR) is 77.5 cm³/mol. The number of hydrogen-bond acceptors (Lipinski definition) is 1. The van der Waals surface area contributed by atoms with E-state index in [4.69, 9.17) is 4.74 Å². The summed E-state index contributed by atoms with van der Waals surface area (Å²) in [4.78, 5) is 0. The largest absolute Gasteiger partial charge is 0.379 e. The normalized spacial score (nSPS) is 12.9. The standard InChI is InChI=1S/C16H34O/c1-4-6-8-10-11-13-15-17-16(3)14-12-9-7-5-2/h16H,4-15H2,1-3H3/t16-/m1/s1.